The smallest absolute Gasteiger partial charge is 0.408 e. The van der Waals surface area contributed by atoms with Gasteiger partial charge in [0.05, 0.1) is 28.0 Å². The largest absolute Gasteiger partial charge is 0.417 e. The monoisotopic (exact) mass is 452 g/mol. The summed E-state index contributed by atoms with van der Waals surface area (Å²) in [7, 11) is 0. The average Bonchev–Trinajstić information content (AvgIpc) is 3.38. The van der Waals surface area contributed by atoms with Gasteiger partial charge < -0.3 is 14.8 Å². The number of aromatic nitrogens is 1. The second kappa shape index (κ2) is 8.13. The zero-order valence-corrected chi connectivity index (χ0v) is 17.8. The molecule has 1 saturated carbocycles. The van der Waals surface area contributed by atoms with Gasteiger partial charge in [-0.15, -0.1) is 0 Å². The van der Waals surface area contributed by atoms with Crippen molar-refractivity contribution in [3.05, 3.63) is 74.3 Å². The van der Waals surface area contributed by atoms with E-state index in [1.54, 1.807) is 30.3 Å². The minimum atomic E-state index is -0.716. The van der Waals surface area contributed by atoms with E-state index in [-0.39, 0.29) is 11.6 Å². The van der Waals surface area contributed by atoms with Crippen LogP contribution in [0.5, 0.6) is 0 Å². The van der Waals surface area contributed by atoms with Crippen molar-refractivity contribution < 1.29 is 19.2 Å². The normalized spacial score (nSPS) is 20.6. The number of nitrogens with zero attached hydrogens (tertiary/aromatic N) is 2. The Hall–Kier alpha value is -3.50. The summed E-state index contributed by atoms with van der Waals surface area (Å²) >= 11 is 0. The highest BCUT2D eigenvalue weighted by Crippen LogP contribution is 2.49. The van der Waals surface area contributed by atoms with Crippen LogP contribution in [0.3, 0.4) is 0 Å². The highest BCUT2D eigenvalue weighted by Gasteiger charge is 2.52. The van der Waals surface area contributed by atoms with Crippen molar-refractivity contribution in [3.63, 3.8) is 0 Å². The molecule has 172 valence electrons. The number of aliphatic hydroxyl groups excluding tert-OH is 1. The molecule has 33 heavy (non-hydrogen) atoms. The minimum Gasteiger partial charge on any atom is -0.408 e. The number of carbonyl (C=O) groups is 1. The van der Waals surface area contributed by atoms with Gasteiger partial charge in [-0.1, -0.05) is 18.2 Å². The number of carbonyl (C=O) groups excluding carboxylic acids is 1. The Balaban J connectivity index is 1.42. The van der Waals surface area contributed by atoms with Crippen molar-refractivity contribution in [1.29, 1.82) is 0 Å². The zero-order chi connectivity index (χ0) is 23.2. The number of nitrogens with one attached hydrogen (secondary N) is 2. The number of likely N-dealkylation sites (tertiary alicyclic amines) is 1. The van der Waals surface area contributed by atoms with E-state index in [9.17, 15) is 24.8 Å². The summed E-state index contributed by atoms with van der Waals surface area (Å²) in [5.74, 6) is -0.709. The number of nitro groups is 1. The molecule has 3 N–H and O–H groups in total. The fourth-order valence-corrected chi connectivity index (χ4v) is 4.64. The third kappa shape index (κ3) is 4.14. The molecule has 2 aliphatic rings. The topological polar surface area (TPSA) is 142 Å². The first-order chi connectivity index (χ1) is 15.8. The van der Waals surface area contributed by atoms with E-state index in [2.05, 4.69) is 15.2 Å². The van der Waals surface area contributed by atoms with E-state index in [4.69, 9.17) is 4.42 Å². The molecule has 0 spiro atoms. The summed E-state index contributed by atoms with van der Waals surface area (Å²) in [6.07, 6.45) is 1.57. The van der Waals surface area contributed by atoms with E-state index in [1.165, 1.54) is 12.1 Å². The van der Waals surface area contributed by atoms with Crippen LogP contribution in [-0.2, 0) is 10.2 Å². The molecular formula is C23H24N4O6. The summed E-state index contributed by atoms with van der Waals surface area (Å²) < 4.78 is 5.06. The lowest BCUT2D eigenvalue weighted by molar-refractivity contribution is -0.384. The third-order valence-corrected chi connectivity index (χ3v) is 6.63. The Morgan fingerprint density at radius 2 is 2.15 bits per heavy atom. The number of nitro benzene ring substituents is 1. The first-order valence-electron chi connectivity index (χ1n) is 10.9. The van der Waals surface area contributed by atoms with Crippen LogP contribution in [0.15, 0.2) is 51.7 Å². The molecule has 2 heterocycles. The van der Waals surface area contributed by atoms with Gasteiger partial charge in [-0.05, 0) is 42.5 Å². The summed E-state index contributed by atoms with van der Waals surface area (Å²) in [5, 5.41) is 24.3. The van der Waals surface area contributed by atoms with Crippen molar-refractivity contribution >= 4 is 22.7 Å². The number of non-ortho nitro benzene ring substituents is 1. The molecule has 0 bridgehead atoms. The van der Waals surface area contributed by atoms with Gasteiger partial charge in [0.25, 0.3) is 5.69 Å². The van der Waals surface area contributed by atoms with Gasteiger partial charge in [-0.3, -0.25) is 24.8 Å². The number of fused-ring (bicyclic) bond motifs is 1. The van der Waals surface area contributed by atoms with Crippen molar-refractivity contribution in [2.75, 3.05) is 19.6 Å². The van der Waals surface area contributed by atoms with Crippen LogP contribution in [0.4, 0.5) is 5.69 Å². The number of hydrogen-bond acceptors (Lipinski definition) is 7. The summed E-state index contributed by atoms with van der Waals surface area (Å²) in [5.41, 5.74) is 1.65. The van der Waals surface area contributed by atoms with E-state index in [0.29, 0.717) is 55.6 Å². The van der Waals surface area contributed by atoms with E-state index >= 15 is 0 Å². The van der Waals surface area contributed by atoms with Crippen LogP contribution in [0.2, 0.25) is 0 Å². The molecule has 0 radical (unpaired) electrons. The Labute approximate surface area is 188 Å². The Morgan fingerprint density at radius 3 is 2.85 bits per heavy atom. The maximum Gasteiger partial charge on any atom is 0.417 e. The molecule has 1 aromatic heterocycles. The van der Waals surface area contributed by atoms with Crippen LogP contribution in [-0.4, -0.2) is 51.6 Å². The van der Waals surface area contributed by atoms with E-state index in [0.717, 1.165) is 5.56 Å². The second-order valence-electron chi connectivity index (χ2n) is 8.89. The lowest BCUT2D eigenvalue weighted by atomic mass is 9.93. The van der Waals surface area contributed by atoms with Crippen molar-refractivity contribution in [2.24, 2.45) is 0 Å². The van der Waals surface area contributed by atoms with Gasteiger partial charge in [-0.25, -0.2) is 4.79 Å². The molecule has 2 unspecified atom stereocenters. The quantitative estimate of drug-likeness (QED) is 0.368. The standard InChI is InChI=1S/C23H24N4O6/c28-17-6-9-26(12-17)13-19(14-2-1-3-16(10-14)27(31)32)24-21(29)23(7-8-23)15-4-5-20-18(11-15)25-22(30)33-20/h1-5,10-11,17,19,28H,6-9,12-13H2,(H,24,29)(H,25,30). The lowest BCUT2D eigenvalue weighted by Crippen LogP contribution is -2.42. The molecule has 5 rings (SSSR count). The fourth-order valence-electron chi connectivity index (χ4n) is 4.64. The summed E-state index contributed by atoms with van der Waals surface area (Å²) in [6.45, 7) is 1.63. The molecule has 3 aromatic rings. The predicted octanol–water partition coefficient (Wildman–Crippen LogP) is 1.98. The lowest BCUT2D eigenvalue weighted by Gasteiger charge is -2.27. The third-order valence-electron chi connectivity index (χ3n) is 6.63. The molecule has 2 atom stereocenters. The number of β-amino-alcohol motifs (C(OH)–C–C–N with tert-alkyl or cyclic N) is 1. The molecule has 10 heteroatoms. The zero-order valence-electron chi connectivity index (χ0n) is 17.8. The SMILES string of the molecule is O=C(NC(CN1CCC(O)C1)c1cccc([N+](=O)[O-])c1)C1(c2ccc3oc(=O)[nH]c3c2)CC1. The highest BCUT2D eigenvalue weighted by atomic mass is 16.6. The number of aromatic amines is 1. The van der Waals surface area contributed by atoms with Crippen molar-refractivity contribution in [1.82, 2.24) is 15.2 Å². The van der Waals surface area contributed by atoms with Crippen molar-refractivity contribution in [2.45, 2.75) is 36.8 Å². The number of benzene rings is 2. The van der Waals surface area contributed by atoms with E-state index in [1.807, 2.05) is 0 Å². The van der Waals surface area contributed by atoms with Gasteiger partial charge in [0, 0.05) is 31.8 Å². The second-order valence-corrected chi connectivity index (χ2v) is 8.89. The van der Waals surface area contributed by atoms with Gasteiger partial charge in [-0.2, -0.15) is 0 Å². The fraction of sp³-hybridized carbons (Fsp3) is 0.391. The predicted molar refractivity (Wildman–Crippen MR) is 119 cm³/mol. The Bertz CT molecular complexity index is 1280. The summed E-state index contributed by atoms with van der Waals surface area (Å²) in [6, 6.07) is 11.1. The van der Waals surface area contributed by atoms with Gasteiger partial charge in [0.2, 0.25) is 5.91 Å². The Morgan fingerprint density at radius 1 is 1.33 bits per heavy atom. The van der Waals surface area contributed by atoms with Gasteiger partial charge in [0.1, 0.15) is 0 Å². The molecule has 1 aliphatic carbocycles. The molecule has 1 aliphatic heterocycles. The number of hydrogen-bond donors (Lipinski definition) is 3. The van der Waals surface area contributed by atoms with Crippen LogP contribution in [0.1, 0.15) is 36.4 Å². The number of oxazole rings is 1. The minimum absolute atomic E-state index is 0.0382. The molecule has 2 aromatic carbocycles. The number of H-pyrrole nitrogens is 1. The molecule has 1 amide bonds. The number of amides is 1. The van der Waals surface area contributed by atoms with Crippen LogP contribution < -0.4 is 11.1 Å². The van der Waals surface area contributed by atoms with Crippen LogP contribution >= 0.6 is 0 Å². The number of rotatable bonds is 7. The Kier molecular flexibility index (Phi) is 5.26. The molecule has 2 fully saturated rings. The van der Waals surface area contributed by atoms with Crippen LogP contribution in [0.25, 0.3) is 11.1 Å². The van der Waals surface area contributed by atoms with Gasteiger partial charge in [0.15, 0.2) is 5.58 Å². The molecule has 1 saturated heterocycles. The molecular weight excluding hydrogens is 428 g/mol. The highest BCUT2D eigenvalue weighted by molar-refractivity contribution is 5.92. The summed E-state index contributed by atoms with van der Waals surface area (Å²) in [4.78, 5) is 40.5. The van der Waals surface area contributed by atoms with Gasteiger partial charge >= 0.3 is 5.76 Å². The first-order valence-corrected chi connectivity index (χ1v) is 10.9. The van der Waals surface area contributed by atoms with Crippen molar-refractivity contribution in [3.8, 4) is 0 Å². The maximum atomic E-state index is 13.5. The maximum absolute atomic E-state index is 13.5. The molecule has 10 nitrogen and oxygen atoms in total. The number of aliphatic hydroxyl groups is 1. The average molecular weight is 452 g/mol. The van der Waals surface area contributed by atoms with E-state index < -0.39 is 28.2 Å². The first kappa shape index (κ1) is 21.4. The van der Waals surface area contributed by atoms with Crippen LogP contribution in [0, 0.1) is 10.1 Å².